The van der Waals surface area contributed by atoms with Crippen molar-refractivity contribution in [2.75, 3.05) is 25.0 Å². The standard InChI is InChI=1S/C19H23N3O3/c1-3-13(2)12-25-16-10-22(11-16)18(24)7-4-14-8-15-5-6-17(23)21-19(15)20-9-14/h3-4,7-9,16H,5-6,10-12H2,1-2H3,(H,20,21,23)/b7-4+,13-3+. The van der Waals surface area contributed by atoms with Crippen molar-refractivity contribution in [2.24, 2.45) is 0 Å². The molecule has 1 fully saturated rings. The summed E-state index contributed by atoms with van der Waals surface area (Å²) in [5, 5.41) is 2.75. The third-order valence-electron chi connectivity index (χ3n) is 4.48. The van der Waals surface area contributed by atoms with Crippen LogP contribution in [0, 0.1) is 0 Å². The Bertz CT molecular complexity index is 733. The summed E-state index contributed by atoms with van der Waals surface area (Å²) < 4.78 is 5.71. The summed E-state index contributed by atoms with van der Waals surface area (Å²) in [6.07, 6.45) is 8.31. The molecule has 0 saturated carbocycles. The van der Waals surface area contributed by atoms with Crippen LogP contribution in [0.2, 0.25) is 0 Å². The Morgan fingerprint density at radius 3 is 3.00 bits per heavy atom. The minimum absolute atomic E-state index is 0.00218. The number of rotatable bonds is 5. The van der Waals surface area contributed by atoms with Gasteiger partial charge in [-0.3, -0.25) is 9.59 Å². The summed E-state index contributed by atoms with van der Waals surface area (Å²) in [6.45, 7) is 5.91. The fraction of sp³-hybridized carbons (Fsp3) is 0.421. The van der Waals surface area contributed by atoms with Gasteiger partial charge in [0.15, 0.2) is 0 Å². The Morgan fingerprint density at radius 2 is 2.24 bits per heavy atom. The summed E-state index contributed by atoms with van der Waals surface area (Å²) in [6, 6.07) is 1.97. The van der Waals surface area contributed by atoms with Gasteiger partial charge in [-0.05, 0) is 43.5 Å². The molecular weight excluding hydrogens is 318 g/mol. The number of nitrogens with one attached hydrogen (secondary N) is 1. The van der Waals surface area contributed by atoms with Gasteiger partial charge < -0.3 is 15.0 Å². The zero-order chi connectivity index (χ0) is 17.8. The molecule has 6 heteroatoms. The maximum Gasteiger partial charge on any atom is 0.246 e. The van der Waals surface area contributed by atoms with Crippen molar-refractivity contribution in [3.8, 4) is 0 Å². The zero-order valence-electron chi connectivity index (χ0n) is 14.6. The van der Waals surface area contributed by atoms with E-state index in [1.54, 1.807) is 23.2 Å². The molecular formula is C19H23N3O3. The van der Waals surface area contributed by atoms with Crippen LogP contribution in [0.3, 0.4) is 0 Å². The van der Waals surface area contributed by atoms with Crippen molar-refractivity contribution in [3.05, 3.63) is 41.1 Å². The van der Waals surface area contributed by atoms with E-state index in [0.717, 1.165) is 11.1 Å². The summed E-state index contributed by atoms with van der Waals surface area (Å²) in [4.78, 5) is 29.5. The van der Waals surface area contributed by atoms with E-state index in [0.29, 0.717) is 38.4 Å². The van der Waals surface area contributed by atoms with E-state index < -0.39 is 0 Å². The fourth-order valence-electron chi connectivity index (χ4n) is 2.69. The molecule has 132 valence electrons. The van der Waals surface area contributed by atoms with E-state index in [9.17, 15) is 9.59 Å². The number of carbonyl (C=O) groups excluding carboxylic acids is 2. The number of hydrogen-bond acceptors (Lipinski definition) is 4. The summed E-state index contributed by atoms with van der Waals surface area (Å²) >= 11 is 0. The number of carbonyl (C=O) groups is 2. The lowest BCUT2D eigenvalue weighted by Gasteiger charge is -2.38. The molecule has 0 aromatic carbocycles. The van der Waals surface area contributed by atoms with Crippen molar-refractivity contribution >= 4 is 23.7 Å². The first-order chi connectivity index (χ1) is 12.0. The molecule has 3 heterocycles. The minimum atomic E-state index is -0.0198. The molecule has 25 heavy (non-hydrogen) atoms. The average molecular weight is 341 g/mol. The number of hydrogen-bond donors (Lipinski definition) is 1. The lowest BCUT2D eigenvalue weighted by atomic mass is 10.0. The van der Waals surface area contributed by atoms with E-state index in [1.807, 2.05) is 26.0 Å². The maximum absolute atomic E-state index is 12.2. The van der Waals surface area contributed by atoms with Crippen LogP contribution in [0.4, 0.5) is 5.82 Å². The van der Waals surface area contributed by atoms with Crippen LogP contribution in [0.15, 0.2) is 30.0 Å². The van der Waals surface area contributed by atoms with Crippen LogP contribution in [0.1, 0.15) is 31.4 Å². The van der Waals surface area contributed by atoms with Gasteiger partial charge in [0.25, 0.3) is 0 Å². The van der Waals surface area contributed by atoms with E-state index >= 15 is 0 Å². The van der Waals surface area contributed by atoms with Crippen LogP contribution in [-0.2, 0) is 20.7 Å². The molecule has 1 aromatic rings. The Morgan fingerprint density at radius 1 is 1.44 bits per heavy atom. The van der Waals surface area contributed by atoms with Crippen LogP contribution >= 0.6 is 0 Å². The smallest absolute Gasteiger partial charge is 0.246 e. The van der Waals surface area contributed by atoms with Crippen molar-refractivity contribution in [2.45, 2.75) is 32.8 Å². The van der Waals surface area contributed by atoms with Gasteiger partial charge in [0, 0.05) is 31.8 Å². The molecule has 0 unspecified atom stereocenters. The van der Waals surface area contributed by atoms with E-state index in [-0.39, 0.29) is 17.9 Å². The van der Waals surface area contributed by atoms with Crippen molar-refractivity contribution in [1.82, 2.24) is 9.88 Å². The lowest BCUT2D eigenvalue weighted by Crippen LogP contribution is -2.54. The minimum Gasteiger partial charge on any atom is -0.370 e. The quantitative estimate of drug-likeness (QED) is 0.658. The second-order valence-electron chi connectivity index (χ2n) is 6.47. The first-order valence-corrected chi connectivity index (χ1v) is 8.54. The summed E-state index contributed by atoms with van der Waals surface area (Å²) in [7, 11) is 0. The third kappa shape index (κ3) is 4.33. The van der Waals surface area contributed by atoms with Crippen LogP contribution in [0.5, 0.6) is 0 Å². The molecule has 1 N–H and O–H groups in total. The summed E-state index contributed by atoms with van der Waals surface area (Å²) in [5.74, 6) is 0.602. The number of anilines is 1. The van der Waals surface area contributed by atoms with Crippen LogP contribution < -0.4 is 5.32 Å². The topological polar surface area (TPSA) is 71.5 Å². The molecule has 0 bridgehead atoms. The number of likely N-dealkylation sites (tertiary alicyclic amines) is 1. The number of fused-ring (bicyclic) bond motifs is 1. The molecule has 1 aromatic heterocycles. The Labute approximate surface area is 147 Å². The Balaban J connectivity index is 1.50. The molecule has 2 aliphatic rings. The van der Waals surface area contributed by atoms with E-state index in [2.05, 4.69) is 10.3 Å². The van der Waals surface area contributed by atoms with Gasteiger partial charge >= 0.3 is 0 Å². The van der Waals surface area contributed by atoms with E-state index in [1.165, 1.54) is 5.57 Å². The zero-order valence-corrected chi connectivity index (χ0v) is 14.6. The molecule has 0 radical (unpaired) electrons. The highest BCUT2D eigenvalue weighted by atomic mass is 16.5. The van der Waals surface area contributed by atoms with E-state index in [4.69, 9.17) is 4.74 Å². The number of aryl methyl sites for hydroxylation is 1. The number of allylic oxidation sites excluding steroid dienone is 1. The van der Waals surface area contributed by atoms with Gasteiger partial charge in [0.05, 0.1) is 12.7 Å². The molecule has 0 atom stereocenters. The Hall–Kier alpha value is -2.47. The third-order valence-corrected chi connectivity index (χ3v) is 4.48. The first kappa shape index (κ1) is 17.4. The number of ether oxygens (including phenoxy) is 1. The maximum atomic E-state index is 12.2. The SMILES string of the molecule is C/C=C(\C)COC1CN(C(=O)/C=C/c2cnc3c(c2)CCC(=O)N3)C1. The second-order valence-corrected chi connectivity index (χ2v) is 6.47. The normalized spacial score (nSPS) is 18.1. The highest BCUT2D eigenvalue weighted by Crippen LogP contribution is 2.21. The monoisotopic (exact) mass is 341 g/mol. The molecule has 1 saturated heterocycles. The average Bonchev–Trinajstić information content (AvgIpc) is 2.58. The highest BCUT2D eigenvalue weighted by molar-refractivity contribution is 5.94. The summed E-state index contributed by atoms with van der Waals surface area (Å²) in [5.41, 5.74) is 3.06. The highest BCUT2D eigenvalue weighted by Gasteiger charge is 2.30. The molecule has 0 spiro atoms. The number of amides is 2. The van der Waals surface area contributed by atoms with Gasteiger partial charge in [-0.25, -0.2) is 4.98 Å². The van der Waals surface area contributed by atoms with Gasteiger partial charge in [-0.1, -0.05) is 11.6 Å². The number of nitrogens with zero attached hydrogens (tertiary/aromatic N) is 2. The Kier molecular flexibility index (Phi) is 5.28. The second kappa shape index (κ2) is 7.61. The largest absolute Gasteiger partial charge is 0.370 e. The van der Waals surface area contributed by atoms with Gasteiger partial charge in [-0.15, -0.1) is 0 Å². The van der Waals surface area contributed by atoms with Crippen molar-refractivity contribution < 1.29 is 14.3 Å². The van der Waals surface area contributed by atoms with Gasteiger partial charge in [-0.2, -0.15) is 0 Å². The van der Waals surface area contributed by atoms with Gasteiger partial charge in [0.1, 0.15) is 5.82 Å². The predicted molar refractivity (Wildman–Crippen MR) is 96.0 cm³/mol. The molecule has 3 rings (SSSR count). The molecule has 2 amide bonds. The van der Waals surface area contributed by atoms with Crippen LogP contribution in [-0.4, -0.2) is 47.5 Å². The van der Waals surface area contributed by atoms with Crippen molar-refractivity contribution in [3.63, 3.8) is 0 Å². The fourth-order valence-corrected chi connectivity index (χ4v) is 2.69. The van der Waals surface area contributed by atoms with Gasteiger partial charge in [0.2, 0.25) is 11.8 Å². The molecule has 6 nitrogen and oxygen atoms in total. The molecule has 2 aliphatic heterocycles. The number of aromatic nitrogens is 1. The predicted octanol–water partition coefficient (Wildman–Crippen LogP) is 2.17. The van der Waals surface area contributed by atoms with Crippen molar-refractivity contribution in [1.29, 1.82) is 0 Å². The first-order valence-electron chi connectivity index (χ1n) is 8.54. The molecule has 0 aliphatic carbocycles. The lowest BCUT2D eigenvalue weighted by molar-refractivity contribution is -0.138. The number of pyridine rings is 1. The van der Waals surface area contributed by atoms with Crippen LogP contribution in [0.25, 0.3) is 6.08 Å².